The van der Waals surface area contributed by atoms with Gasteiger partial charge in [-0.3, -0.25) is 9.52 Å². The predicted molar refractivity (Wildman–Crippen MR) is 145 cm³/mol. The molecule has 8 nitrogen and oxygen atoms in total. The van der Waals surface area contributed by atoms with Crippen LogP contribution in [0.15, 0.2) is 71.6 Å². The van der Waals surface area contributed by atoms with Crippen LogP contribution >= 0.6 is 0 Å². The highest BCUT2D eigenvalue weighted by Gasteiger charge is 2.31. The second kappa shape index (κ2) is 11.2. The van der Waals surface area contributed by atoms with Gasteiger partial charge in [-0.25, -0.2) is 25.5 Å². The maximum atomic E-state index is 13.1. The minimum Gasteiger partial charge on any atom is -0.326 e. The van der Waals surface area contributed by atoms with Crippen molar-refractivity contribution >= 4 is 37.3 Å². The highest BCUT2D eigenvalue weighted by molar-refractivity contribution is 7.92. The molecule has 4 rings (SSSR count). The molecular formula is C27H30FN3O5S2. The van der Waals surface area contributed by atoms with E-state index in [2.05, 4.69) is 10.0 Å². The van der Waals surface area contributed by atoms with Crippen molar-refractivity contribution in [2.45, 2.75) is 37.3 Å². The van der Waals surface area contributed by atoms with Gasteiger partial charge in [0.1, 0.15) is 5.82 Å². The van der Waals surface area contributed by atoms with Crippen LogP contribution in [0.25, 0.3) is 0 Å². The Morgan fingerprint density at radius 3 is 2.05 bits per heavy atom. The van der Waals surface area contributed by atoms with E-state index in [1.807, 2.05) is 32.0 Å². The molecule has 0 spiro atoms. The molecule has 0 radical (unpaired) electrons. The minimum atomic E-state index is -3.81. The number of carbonyl (C=O) groups is 1. The number of hydrogen-bond donors (Lipinski definition) is 2. The number of rotatable bonds is 8. The van der Waals surface area contributed by atoms with Crippen LogP contribution in [0.1, 0.15) is 29.5 Å². The van der Waals surface area contributed by atoms with Gasteiger partial charge in [-0.15, -0.1) is 0 Å². The first-order chi connectivity index (χ1) is 17.9. The zero-order valence-electron chi connectivity index (χ0n) is 21.1. The summed E-state index contributed by atoms with van der Waals surface area (Å²) in [5.74, 6) is -1.27. The molecule has 3 aromatic carbocycles. The average molecular weight is 560 g/mol. The van der Waals surface area contributed by atoms with Gasteiger partial charge < -0.3 is 5.32 Å². The number of halogens is 1. The Morgan fingerprint density at radius 2 is 1.47 bits per heavy atom. The zero-order valence-corrected chi connectivity index (χ0v) is 22.8. The van der Waals surface area contributed by atoms with Gasteiger partial charge in [0.2, 0.25) is 15.9 Å². The van der Waals surface area contributed by atoms with Gasteiger partial charge in [-0.2, -0.15) is 0 Å². The van der Waals surface area contributed by atoms with Crippen LogP contribution in [-0.2, 0) is 30.6 Å². The number of sulfonamides is 2. The Kier molecular flexibility index (Phi) is 8.19. The molecule has 0 saturated carbocycles. The summed E-state index contributed by atoms with van der Waals surface area (Å²) in [5, 5.41) is 2.80. The predicted octanol–water partition coefficient (Wildman–Crippen LogP) is 4.42. The summed E-state index contributed by atoms with van der Waals surface area (Å²) < 4.78 is 68.3. The molecular weight excluding hydrogens is 529 g/mol. The molecule has 0 aliphatic carbocycles. The van der Waals surface area contributed by atoms with E-state index < -0.39 is 25.9 Å². The van der Waals surface area contributed by atoms with E-state index in [1.165, 1.54) is 52.8 Å². The van der Waals surface area contributed by atoms with Crippen LogP contribution in [0.2, 0.25) is 0 Å². The summed E-state index contributed by atoms with van der Waals surface area (Å²) in [4.78, 5) is 12.9. The molecule has 1 aliphatic rings. The van der Waals surface area contributed by atoms with E-state index in [-0.39, 0.29) is 35.6 Å². The number of carbonyl (C=O) groups excluding carboxylic acids is 1. The summed E-state index contributed by atoms with van der Waals surface area (Å²) in [7, 11) is -7.40. The van der Waals surface area contributed by atoms with E-state index in [1.54, 1.807) is 0 Å². The first-order valence-electron chi connectivity index (χ1n) is 12.2. The molecule has 1 saturated heterocycles. The number of piperidine rings is 1. The number of benzene rings is 3. The molecule has 38 heavy (non-hydrogen) atoms. The Balaban J connectivity index is 1.33. The Bertz CT molecular complexity index is 1500. The van der Waals surface area contributed by atoms with Crippen molar-refractivity contribution in [2.24, 2.45) is 5.92 Å². The summed E-state index contributed by atoms with van der Waals surface area (Å²) in [6, 6.07) is 16.8. The van der Waals surface area contributed by atoms with E-state index in [9.17, 15) is 26.0 Å². The number of anilines is 2. The van der Waals surface area contributed by atoms with Crippen molar-refractivity contribution in [1.29, 1.82) is 0 Å². The topological polar surface area (TPSA) is 113 Å². The quantitative estimate of drug-likeness (QED) is 0.424. The minimum absolute atomic E-state index is 0.0674. The second-order valence-electron chi connectivity index (χ2n) is 9.44. The van der Waals surface area contributed by atoms with Crippen LogP contribution in [0.4, 0.5) is 15.8 Å². The fourth-order valence-corrected chi connectivity index (χ4v) is 7.18. The fourth-order valence-electron chi connectivity index (χ4n) is 4.41. The van der Waals surface area contributed by atoms with Crippen LogP contribution in [-0.4, -0.2) is 40.1 Å². The maximum Gasteiger partial charge on any atom is 0.261 e. The molecule has 0 atom stereocenters. The van der Waals surface area contributed by atoms with Gasteiger partial charge in [0.25, 0.3) is 10.0 Å². The van der Waals surface area contributed by atoms with Gasteiger partial charge in [0.15, 0.2) is 0 Å². The first kappa shape index (κ1) is 27.7. The Hall–Kier alpha value is -3.28. The third kappa shape index (κ3) is 6.58. The van der Waals surface area contributed by atoms with Crippen molar-refractivity contribution in [1.82, 2.24) is 4.31 Å². The number of nitrogens with one attached hydrogen (secondary N) is 2. The Morgan fingerprint density at radius 1 is 0.895 bits per heavy atom. The van der Waals surface area contributed by atoms with E-state index in [0.717, 1.165) is 11.1 Å². The van der Waals surface area contributed by atoms with Crippen LogP contribution < -0.4 is 10.0 Å². The van der Waals surface area contributed by atoms with Gasteiger partial charge in [0, 0.05) is 24.7 Å². The van der Waals surface area contributed by atoms with Gasteiger partial charge in [-0.05, 0) is 79.8 Å². The fraction of sp³-hybridized carbons (Fsp3) is 0.296. The monoisotopic (exact) mass is 559 g/mol. The summed E-state index contributed by atoms with van der Waals surface area (Å²) in [5.41, 5.74) is 3.11. The van der Waals surface area contributed by atoms with Crippen LogP contribution in [0, 0.1) is 25.6 Å². The zero-order chi connectivity index (χ0) is 27.5. The number of nitrogens with zero attached hydrogens (tertiary/aromatic N) is 1. The van der Waals surface area contributed by atoms with Crippen molar-refractivity contribution in [2.75, 3.05) is 23.1 Å². The standard InChI is InChI=1S/C27H30FN3O5S2/c1-19-4-3-5-20(2)26(19)30-38(35,36)25-12-10-24(11-13-25)29-27(32)22-14-16-31(17-15-22)37(33,34)18-21-6-8-23(28)9-7-21/h3-13,22,30H,14-18H2,1-2H3,(H,29,32). The maximum absolute atomic E-state index is 13.1. The lowest BCUT2D eigenvalue weighted by molar-refractivity contribution is -0.120. The molecule has 1 heterocycles. The molecule has 1 aliphatic heterocycles. The highest BCUT2D eigenvalue weighted by atomic mass is 32.2. The molecule has 202 valence electrons. The van der Waals surface area contributed by atoms with Crippen molar-refractivity contribution in [3.05, 3.63) is 89.2 Å². The average Bonchev–Trinajstić information content (AvgIpc) is 2.88. The molecule has 0 bridgehead atoms. The number of hydrogen-bond acceptors (Lipinski definition) is 5. The highest BCUT2D eigenvalue weighted by Crippen LogP contribution is 2.26. The summed E-state index contributed by atoms with van der Waals surface area (Å²) in [6.07, 6.45) is 0.723. The smallest absolute Gasteiger partial charge is 0.261 e. The van der Waals surface area contributed by atoms with Crippen LogP contribution in [0.3, 0.4) is 0 Å². The van der Waals surface area contributed by atoms with Gasteiger partial charge in [-0.1, -0.05) is 30.3 Å². The number of amides is 1. The van der Waals surface area contributed by atoms with E-state index >= 15 is 0 Å². The third-order valence-corrected chi connectivity index (χ3v) is 9.85. The van der Waals surface area contributed by atoms with Crippen molar-refractivity contribution in [3.63, 3.8) is 0 Å². The first-order valence-corrected chi connectivity index (χ1v) is 15.3. The second-order valence-corrected chi connectivity index (χ2v) is 13.1. The third-order valence-electron chi connectivity index (χ3n) is 6.63. The SMILES string of the molecule is Cc1cccc(C)c1NS(=O)(=O)c1ccc(NC(=O)C2CCN(S(=O)(=O)Cc3ccc(F)cc3)CC2)cc1. The molecule has 1 amide bonds. The Labute approximate surface area is 223 Å². The van der Waals surface area contributed by atoms with Crippen molar-refractivity contribution in [3.8, 4) is 0 Å². The summed E-state index contributed by atoms with van der Waals surface area (Å²) >= 11 is 0. The normalized spacial score (nSPS) is 15.2. The summed E-state index contributed by atoms with van der Waals surface area (Å²) in [6.45, 7) is 4.08. The van der Waals surface area contributed by atoms with Gasteiger partial charge >= 0.3 is 0 Å². The lowest BCUT2D eigenvalue weighted by Crippen LogP contribution is -2.41. The number of para-hydroxylation sites is 1. The van der Waals surface area contributed by atoms with Crippen LogP contribution in [0.5, 0.6) is 0 Å². The largest absolute Gasteiger partial charge is 0.326 e. The lowest BCUT2D eigenvalue weighted by Gasteiger charge is -2.30. The molecule has 3 aromatic rings. The lowest BCUT2D eigenvalue weighted by atomic mass is 9.97. The molecule has 0 unspecified atom stereocenters. The van der Waals surface area contributed by atoms with E-state index in [4.69, 9.17) is 0 Å². The molecule has 11 heteroatoms. The van der Waals surface area contributed by atoms with E-state index in [0.29, 0.717) is 29.8 Å². The van der Waals surface area contributed by atoms with Gasteiger partial charge in [0.05, 0.1) is 16.3 Å². The molecule has 0 aromatic heterocycles. The molecule has 1 fully saturated rings. The molecule has 2 N–H and O–H groups in total. The number of aryl methyl sites for hydroxylation is 2. The van der Waals surface area contributed by atoms with Crippen molar-refractivity contribution < 1.29 is 26.0 Å².